The quantitative estimate of drug-likeness (QED) is 0.0898. The SMILES string of the molecule is C=C1[C@H](O)CC2C3C(CC[C@]12C)c1ccc(O)cc1[C@H](F)C3CCCCCCCCCC(CCC(F)(F)C(F)(F)C(F)(F)C(F)(F)F)C(=O)O. The van der Waals surface area contributed by atoms with Crippen molar-refractivity contribution in [3.8, 4) is 5.75 Å². The van der Waals surface area contributed by atoms with Crippen molar-refractivity contribution in [1.82, 2.24) is 0 Å². The number of phenolic OH excluding ortho intramolecular Hbond substituents is 1. The van der Waals surface area contributed by atoms with Crippen LogP contribution in [0.3, 0.4) is 0 Å². The number of aliphatic hydroxyl groups is 1. The fraction of sp³-hybridized carbons (Fsp3) is 0.750. The molecule has 3 aliphatic rings. The van der Waals surface area contributed by atoms with Crippen LogP contribution in [0.25, 0.3) is 0 Å². The highest BCUT2D eigenvalue weighted by molar-refractivity contribution is 5.69. The lowest BCUT2D eigenvalue weighted by molar-refractivity contribution is -0.396. The van der Waals surface area contributed by atoms with Crippen molar-refractivity contribution < 1.29 is 64.0 Å². The van der Waals surface area contributed by atoms with Gasteiger partial charge in [0, 0.05) is 6.42 Å². The first kappa shape index (κ1) is 40.3. The average molecular weight is 733 g/mol. The number of rotatable bonds is 16. The standard InChI is InChI=1S/C36H46F10O4/c1-20-28(48)19-27-29-24(15-16-32(20,27)2)23-13-12-22(47)18-26(23)30(37)25(29)11-9-7-5-3-4-6-8-10-21(31(49)50)14-17-33(38,39)34(40,41)35(42,43)36(44,45)46/h12-13,18,21,24-25,27-30,47-48H,1,3-11,14-17,19H2,2H3,(H,49,50)/t21?,24?,25?,27?,28-,29?,30-,32-/m1/s1. The van der Waals surface area contributed by atoms with Gasteiger partial charge in [0.2, 0.25) is 0 Å². The third kappa shape index (κ3) is 7.51. The molecule has 50 heavy (non-hydrogen) atoms. The molecule has 0 amide bonds. The largest absolute Gasteiger partial charge is 0.508 e. The van der Waals surface area contributed by atoms with Gasteiger partial charge in [-0.15, -0.1) is 0 Å². The van der Waals surface area contributed by atoms with Gasteiger partial charge in [-0.1, -0.05) is 64.5 Å². The van der Waals surface area contributed by atoms with Crippen LogP contribution >= 0.6 is 0 Å². The first-order valence-corrected chi connectivity index (χ1v) is 17.4. The number of halogens is 10. The Kier molecular flexibility index (Phi) is 12.0. The number of phenols is 1. The Hall–Kier alpha value is -2.51. The number of carboxylic acids is 1. The minimum absolute atomic E-state index is 0.00387. The molecule has 0 bridgehead atoms. The number of aliphatic carboxylic acids is 1. The normalized spacial score (nSPS) is 29.3. The molecule has 14 heteroatoms. The molecule has 4 rings (SSSR count). The lowest BCUT2D eigenvalue weighted by Gasteiger charge is -2.53. The Labute approximate surface area is 285 Å². The Morgan fingerprint density at radius 3 is 2.12 bits per heavy atom. The summed E-state index contributed by atoms with van der Waals surface area (Å²) in [7, 11) is 0. The van der Waals surface area contributed by atoms with Gasteiger partial charge in [0.15, 0.2) is 0 Å². The molecule has 1 aromatic rings. The summed E-state index contributed by atoms with van der Waals surface area (Å²) in [6.45, 7) is 6.31. The number of carboxylic acid groups (broad SMARTS) is 1. The molecule has 3 aliphatic carbocycles. The van der Waals surface area contributed by atoms with Crippen LogP contribution in [0.1, 0.15) is 120 Å². The number of aromatic hydroxyl groups is 1. The molecule has 8 atom stereocenters. The van der Waals surface area contributed by atoms with Gasteiger partial charge in [0.1, 0.15) is 11.9 Å². The number of hydrogen-bond donors (Lipinski definition) is 3. The van der Waals surface area contributed by atoms with Gasteiger partial charge >= 0.3 is 29.9 Å². The lowest BCUT2D eigenvalue weighted by Crippen LogP contribution is -2.60. The number of aliphatic hydroxyl groups excluding tert-OH is 1. The minimum atomic E-state index is -7.00. The van der Waals surface area contributed by atoms with E-state index in [4.69, 9.17) is 0 Å². The van der Waals surface area contributed by atoms with Crippen LogP contribution in [0.2, 0.25) is 0 Å². The van der Waals surface area contributed by atoms with Crippen LogP contribution in [0.4, 0.5) is 43.9 Å². The molecule has 0 aromatic heterocycles. The van der Waals surface area contributed by atoms with Gasteiger partial charge in [0.25, 0.3) is 0 Å². The molecule has 4 nitrogen and oxygen atoms in total. The van der Waals surface area contributed by atoms with E-state index in [1.54, 1.807) is 6.07 Å². The van der Waals surface area contributed by atoms with Gasteiger partial charge in [-0.2, -0.15) is 39.5 Å². The molecular weight excluding hydrogens is 686 g/mol. The summed E-state index contributed by atoms with van der Waals surface area (Å²) in [5.74, 6) is -22.9. The summed E-state index contributed by atoms with van der Waals surface area (Å²) in [6, 6.07) is 4.93. The lowest BCUT2D eigenvalue weighted by atomic mass is 9.51. The zero-order valence-electron chi connectivity index (χ0n) is 27.9. The summed E-state index contributed by atoms with van der Waals surface area (Å²) in [5.41, 5.74) is 1.98. The summed E-state index contributed by atoms with van der Waals surface area (Å²) in [6.07, 6.45) is -5.39. The molecule has 284 valence electrons. The highest BCUT2D eigenvalue weighted by Gasteiger charge is 2.81. The topological polar surface area (TPSA) is 77.8 Å². The number of hydrogen-bond acceptors (Lipinski definition) is 3. The minimum Gasteiger partial charge on any atom is -0.508 e. The number of alkyl halides is 10. The van der Waals surface area contributed by atoms with Crippen molar-refractivity contribution in [2.75, 3.05) is 0 Å². The fourth-order valence-electron chi connectivity index (χ4n) is 8.95. The number of unbranched alkanes of at least 4 members (excludes halogenated alkanes) is 6. The van der Waals surface area contributed by atoms with E-state index < -0.39 is 60.9 Å². The molecular formula is C36H46F10O4. The summed E-state index contributed by atoms with van der Waals surface area (Å²) in [4.78, 5) is 11.5. The van der Waals surface area contributed by atoms with Gasteiger partial charge in [-0.3, -0.25) is 4.79 Å². The van der Waals surface area contributed by atoms with Gasteiger partial charge in [-0.25, -0.2) is 4.39 Å². The Morgan fingerprint density at radius 1 is 0.920 bits per heavy atom. The zero-order valence-corrected chi connectivity index (χ0v) is 27.9. The van der Waals surface area contributed by atoms with E-state index in [1.165, 1.54) is 6.07 Å². The molecule has 0 aliphatic heterocycles. The van der Waals surface area contributed by atoms with Crippen molar-refractivity contribution in [1.29, 1.82) is 0 Å². The molecule has 1 aromatic carbocycles. The number of carbonyl (C=O) groups is 1. The number of benzene rings is 1. The predicted octanol–water partition coefficient (Wildman–Crippen LogP) is 10.9. The van der Waals surface area contributed by atoms with Crippen LogP contribution in [0.5, 0.6) is 5.75 Å². The maximum Gasteiger partial charge on any atom is 0.460 e. The van der Waals surface area contributed by atoms with E-state index in [2.05, 4.69) is 13.5 Å². The van der Waals surface area contributed by atoms with Gasteiger partial charge in [-0.05, 0) is 96.4 Å². The van der Waals surface area contributed by atoms with Crippen LogP contribution in [-0.4, -0.2) is 51.3 Å². The van der Waals surface area contributed by atoms with E-state index in [0.717, 1.165) is 43.2 Å². The van der Waals surface area contributed by atoms with Crippen LogP contribution < -0.4 is 0 Å². The second-order valence-corrected chi connectivity index (χ2v) is 14.9. The molecule has 0 spiro atoms. The predicted molar refractivity (Wildman–Crippen MR) is 165 cm³/mol. The van der Waals surface area contributed by atoms with E-state index >= 15 is 4.39 Å². The average Bonchev–Trinajstić information content (AvgIpc) is 3.25. The second-order valence-electron chi connectivity index (χ2n) is 14.9. The smallest absolute Gasteiger partial charge is 0.460 e. The highest BCUT2D eigenvalue weighted by atomic mass is 19.4. The summed E-state index contributed by atoms with van der Waals surface area (Å²) < 4.78 is 134. The van der Waals surface area contributed by atoms with Crippen LogP contribution in [0.15, 0.2) is 30.4 Å². The first-order chi connectivity index (χ1) is 23.1. The number of fused-ring (bicyclic) bond motifs is 5. The van der Waals surface area contributed by atoms with Crippen molar-refractivity contribution >= 4 is 5.97 Å². The van der Waals surface area contributed by atoms with Crippen LogP contribution in [-0.2, 0) is 4.79 Å². The molecule has 2 saturated carbocycles. The summed E-state index contributed by atoms with van der Waals surface area (Å²) in [5, 5.41) is 30.2. The Balaban J connectivity index is 1.24. The summed E-state index contributed by atoms with van der Waals surface area (Å²) >= 11 is 0. The molecule has 0 saturated heterocycles. The molecule has 2 fully saturated rings. The van der Waals surface area contributed by atoms with Crippen molar-refractivity contribution in [2.24, 2.45) is 29.1 Å². The second kappa shape index (κ2) is 14.8. The van der Waals surface area contributed by atoms with Gasteiger partial charge in [0.05, 0.1) is 12.0 Å². The first-order valence-electron chi connectivity index (χ1n) is 17.4. The Morgan fingerprint density at radius 2 is 1.52 bits per heavy atom. The van der Waals surface area contributed by atoms with E-state index in [0.29, 0.717) is 37.7 Å². The molecule has 5 unspecified atom stereocenters. The van der Waals surface area contributed by atoms with E-state index in [-0.39, 0.29) is 47.7 Å². The van der Waals surface area contributed by atoms with Crippen LogP contribution in [0, 0.1) is 29.1 Å². The van der Waals surface area contributed by atoms with E-state index in [9.17, 15) is 59.6 Å². The fourth-order valence-corrected chi connectivity index (χ4v) is 8.95. The maximum absolute atomic E-state index is 16.3. The third-order valence-electron chi connectivity index (χ3n) is 11.9. The van der Waals surface area contributed by atoms with Gasteiger partial charge < -0.3 is 15.3 Å². The zero-order chi connectivity index (χ0) is 37.4. The van der Waals surface area contributed by atoms with Crippen molar-refractivity contribution in [3.63, 3.8) is 0 Å². The van der Waals surface area contributed by atoms with Crippen molar-refractivity contribution in [3.05, 3.63) is 41.5 Å². The monoisotopic (exact) mass is 732 g/mol. The third-order valence-corrected chi connectivity index (χ3v) is 11.9. The molecule has 0 radical (unpaired) electrons. The Bertz CT molecular complexity index is 1360. The van der Waals surface area contributed by atoms with Crippen molar-refractivity contribution in [2.45, 2.75) is 139 Å². The maximum atomic E-state index is 16.3. The van der Waals surface area contributed by atoms with E-state index in [1.807, 2.05) is 6.07 Å². The molecule has 3 N–H and O–H groups in total. The highest BCUT2D eigenvalue weighted by Crippen LogP contribution is 2.66. The molecule has 0 heterocycles.